The number of hydrogen-bond acceptors (Lipinski definition) is 4. The van der Waals surface area contributed by atoms with Crippen LogP contribution in [0.2, 0.25) is 0 Å². The maximum absolute atomic E-state index is 13.0. The van der Waals surface area contributed by atoms with Gasteiger partial charge in [0, 0.05) is 0 Å². The molecule has 0 saturated heterocycles. The van der Waals surface area contributed by atoms with Crippen LogP contribution in [0.1, 0.15) is 31.2 Å². The third kappa shape index (κ3) is 3.36. The molecule has 8 heteroatoms. The van der Waals surface area contributed by atoms with Gasteiger partial charge in [-0.05, 0) is 30.7 Å². The van der Waals surface area contributed by atoms with Gasteiger partial charge in [-0.3, -0.25) is 0 Å². The van der Waals surface area contributed by atoms with Gasteiger partial charge < -0.3 is 4.74 Å². The fourth-order valence-corrected chi connectivity index (χ4v) is 1.81. The second-order valence-electron chi connectivity index (χ2n) is 4.50. The molecule has 0 fully saturated rings. The molecule has 22 heavy (non-hydrogen) atoms. The zero-order chi connectivity index (χ0) is 16.2. The molecule has 0 atom stereocenters. The molecule has 0 unspecified atom stereocenters. The van der Waals surface area contributed by atoms with E-state index in [1.165, 1.54) is 18.2 Å². The molecule has 0 aliphatic heterocycles. The second kappa shape index (κ2) is 6.47. The van der Waals surface area contributed by atoms with E-state index in [0.717, 1.165) is 12.8 Å². The molecule has 0 aliphatic carbocycles. The van der Waals surface area contributed by atoms with E-state index in [1.807, 2.05) is 6.92 Å². The van der Waals surface area contributed by atoms with Crippen LogP contribution in [0, 0.1) is 11.3 Å². The Hall–Kier alpha value is -2.56. The van der Waals surface area contributed by atoms with Gasteiger partial charge in [0.05, 0.1) is 12.3 Å². The summed E-state index contributed by atoms with van der Waals surface area (Å²) in [6.07, 6.45) is -2.83. The molecule has 0 N–H and O–H groups in total. The highest BCUT2D eigenvalue weighted by atomic mass is 19.4. The Morgan fingerprint density at radius 2 is 1.95 bits per heavy atom. The molecule has 2 aromatic rings. The molecule has 0 spiro atoms. The summed E-state index contributed by atoms with van der Waals surface area (Å²) in [5, 5.41) is 15.4. The second-order valence-corrected chi connectivity index (χ2v) is 4.50. The lowest BCUT2D eigenvalue weighted by molar-refractivity contribution is -0.143. The highest BCUT2D eigenvalue weighted by Gasteiger charge is 2.40. The minimum absolute atomic E-state index is 0.157. The van der Waals surface area contributed by atoms with Gasteiger partial charge in [0.2, 0.25) is 0 Å². The molecule has 5 nitrogen and oxygen atoms in total. The number of nitriles is 1. The van der Waals surface area contributed by atoms with E-state index in [-0.39, 0.29) is 5.69 Å². The smallest absolute Gasteiger partial charge is 0.436 e. The van der Waals surface area contributed by atoms with Crippen LogP contribution in [0.5, 0.6) is 5.75 Å². The zero-order valence-corrected chi connectivity index (χ0v) is 11.8. The Labute approximate surface area is 124 Å². The monoisotopic (exact) mass is 310 g/mol. The van der Waals surface area contributed by atoms with Crippen molar-refractivity contribution in [3.63, 3.8) is 0 Å². The topological polar surface area (TPSA) is 63.7 Å². The Bertz CT molecular complexity index is 671. The van der Waals surface area contributed by atoms with Crippen LogP contribution in [0.15, 0.2) is 24.3 Å². The van der Waals surface area contributed by atoms with Gasteiger partial charge in [-0.15, -0.1) is 5.10 Å². The Morgan fingerprint density at radius 1 is 1.27 bits per heavy atom. The minimum Gasteiger partial charge on any atom is -0.494 e. The van der Waals surface area contributed by atoms with Gasteiger partial charge in [-0.1, -0.05) is 18.6 Å². The Balaban J connectivity index is 2.30. The van der Waals surface area contributed by atoms with Crippen molar-refractivity contribution >= 4 is 0 Å². The Morgan fingerprint density at radius 3 is 2.50 bits per heavy atom. The number of nitrogens with zero attached hydrogens (tertiary/aromatic N) is 4. The average molecular weight is 310 g/mol. The summed E-state index contributed by atoms with van der Waals surface area (Å²) in [6.45, 7) is 2.58. The van der Waals surface area contributed by atoms with Crippen LogP contribution in [-0.2, 0) is 6.18 Å². The van der Waals surface area contributed by atoms with Crippen LogP contribution >= 0.6 is 0 Å². The summed E-state index contributed by atoms with van der Waals surface area (Å²) in [6, 6.07) is 7.38. The number of aromatic nitrogens is 3. The van der Waals surface area contributed by atoms with Crippen LogP contribution in [0.4, 0.5) is 13.2 Å². The first kappa shape index (κ1) is 15.8. The number of hydrogen-bond donors (Lipinski definition) is 0. The summed E-state index contributed by atoms with van der Waals surface area (Å²) >= 11 is 0. The normalized spacial score (nSPS) is 11.2. The van der Waals surface area contributed by atoms with E-state index < -0.39 is 17.6 Å². The molecular weight excluding hydrogens is 297 g/mol. The number of halogens is 3. The van der Waals surface area contributed by atoms with Crippen molar-refractivity contribution in [2.24, 2.45) is 0 Å². The molecule has 0 radical (unpaired) electrons. The van der Waals surface area contributed by atoms with Crippen molar-refractivity contribution in [3.8, 4) is 17.5 Å². The number of rotatable bonds is 5. The highest BCUT2D eigenvalue weighted by Crippen LogP contribution is 2.32. The first-order valence-electron chi connectivity index (χ1n) is 6.63. The number of alkyl halides is 3. The SMILES string of the molecule is CCCCOc1ccc(-n2nnc(C#N)c2C(F)(F)F)cc1. The van der Waals surface area contributed by atoms with Crippen molar-refractivity contribution in [1.82, 2.24) is 15.0 Å². The summed E-state index contributed by atoms with van der Waals surface area (Å²) in [4.78, 5) is 0. The molecule has 1 aromatic carbocycles. The van der Waals surface area contributed by atoms with Gasteiger partial charge in [0.1, 0.15) is 11.8 Å². The van der Waals surface area contributed by atoms with Crippen LogP contribution < -0.4 is 4.74 Å². The van der Waals surface area contributed by atoms with Crippen molar-refractivity contribution < 1.29 is 17.9 Å². The molecule has 0 amide bonds. The lowest BCUT2D eigenvalue weighted by atomic mass is 10.2. The number of benzene rings is 1. The zero-order valence-electron chi connectivity index (χ0n) is 11.8. The van der Waals surface area contributed by atoms with Crippen molar-refractivity contribution in [2.45, 2.75) is 25.9 Å². The maximum Gasteiger partial charge on any atom is 0.436 e. The molecule has 1 heterocycles. The quantitative estimate of drug-likeness (QED) is 0.795. The fourth-order valence-electron chi connectivity index (χ4n) is 1.81. The van der Waals surface area contributed by atoms with Crippen LogP contribution in [-0.4, -0.2) is 21.6 Å². The van der Waals surface area contributed by atoms with E-state index in [0.29, 0.717) is 17.0 Å². The summed E-state index contributed by atoms with van der Waals surface area (Å²) in [7, 11) is 0. The third-order valence-corrected chi connectivity index (χ3v) is 2.89. The predicted molar refractivity (Wildman–Crippen MR) is 71.5 cm³/mol. The van der Waals surface area contributed by atoms with Crippen LogP contribution in [0.3, 0.4) is 0 Å². The predicted octanol–water partition coefficient (Wildman–Crippen LogP) is 3.34. The summed E-state index contributed by atoms with van der Waals surface area (Å²) < 4.78 is 45.1. The van der Waals surface area contributed by atoms with Gasteiger partial charge >= 0.3 is 6.18 Å². The minimum atomic E-state index is -4.72. The Kier molecular flexibility index (Phi) is 4.65. The summed E-state index contributed by atoms with van der Waals surface area (Å²) in [5.41, 5.74) is -1.78. The number of ether oxygens (including phenoxy) is 1. The molecule has 0 saturated carbocycles. The van der Waals surface area contributed by atoms with Crippen molar-refractivity contribution in [1.29, 1.82) is 5.26 Å². The molecule has 0 bridgehead atoms. The van der Waals surface area contributed by atoms with E-state index in [9.17, 15) is 13.2 Å². The number of unbranched alkanes of at least 4 members (excludes halogenated alkanes) is 1. The van der Waals surface area contributed by atoms with E-state index >= 15 is 0 Å². The summed E-state index contributed by atoms with van der Waals surface area (Å²) in [5.74, 6) is 0.561. The van der Waals surface area contributed by atoms with Crippen molar-refractivity contribution in [2.75, 3.05) is 6.61 Å². The van der Waals surface area contributed by atoms with Crippen molar-refractivity contribution in [3.05, 3.63) is 35.7 Å². The maximum atomic E-state index is 13.0. The van der Waals surface area contributed by atoms with Crippen LogP contribution in [0.25, 0.3) is 5.69 Å². The lowest BCUT2D eigenvalue weighted by Gasteiger charge is -2.10. The lowest BCUT2D eigenvalue weighted by Crippen LogP contribution is -2.14. The largest absolute Gasteiger partial charge is 0.494 e. The molecule has 0 aliphatic rings. The molecule has 116 valence electrons. The molecule has 1 aromatic heterocycles. The average Bonchev–Trinajstić information content (AvgIpc) is 2.92. The van der Waals surface area contributed by atoms with Gasteiger partial charge in [0.25, 0.3) is 0 Å². The van der Waals surface area contributed by atoms with Gasteiger partial charge in [-0.25, -0.2) is 4.68 Å². The fraction of sp³-hybridized carbons (Fsp3) is 0.357. The first-order valence-corrected chi connectivity index (χ1v) is 6.63. The standard InChI is InChI=1S/C14H13F3N4O/c1-2-3-8-22-11-6-4-10(5-7-11)21-13(14(15,16)17)12(9-18)19-20-21/h4-7H,2-3,8H2,1H3. The molecule has 2 rings (SSSR count). The van der Waals surface area contributed by atoms with Gasteiger partial charge in [0.15, 0.2) is 11.4 Å². The first-order chi connectivity index (χ1) is 10.5. The highest BCUT2D eigenvalue weighted by molar-refractivity contribution is 5.40. The third-order valence-electron chi connectivity index (χ3n) is 2.89. The van der Waals surface area contributed by atoms with E-state index in [4.69, 9.17) is 10.00 Å². The molecular formula is C14H13F3N4O. The van der Waals surface area contributed by atoms with Gasteiger partial charge in [-0.2, -0.15) is 18.4 Å². The van der Waals surface area contributed by atoms with E-state index in [1.54, 1.807) is 12.1 Å². The van der Waals surface area contributed by atoms with E-state index in [2.05, 4.69) is 10.3 Å².